The van der Waals surface area contributed by atoms with E-state index in [0.717, 1.165) is 11.3 Å². The highest BCUT2D eigenvalue weighted by molar-refractivity contribution is 6.06. The zero-order valence-electron chi connectivity index (χ0n) is 14.4. The summed E-state index contributed by atoms with van der Waals surface area (Å²) < 4.78 is 1.78. The Morgan fingerprint density at radius 3 is 2.85 bits per heavy atom. The van der Waals surface area contributed by atoms with E-state index in [1.54, 1.807) is 4.40 Å². The van der Waals surface area contributed by atoms with Crippen LogP contribution in [0.4, 0.5) is 11.4 Å². The minimum absolute atomic E-state index is 0.0185. The average Bonchev–Trinajstić information content (AvgIpc) is 2.98. The number of imidazole rings is 1. The maximum Gasteiger partial charge on any atom is 0.274 e. The summed E-state index contributed by atoms with van der Waals surface area (Å²) in [5.74, 6) is -0.245. The number of aromatic nitrogens is 2. The van der Waals surface area contributed by atoms with Gasteiger partial charge in [0.1, 0.15) is 11.3 Å². The second kappa shape index (κ2) is 6.51. The highest BCUT2D eigenvalue weighted by Gasteiger charge is 2.21. The zero-order valence-corrected chi connectivity index (χ0v) is 14.4. The number of fused-ring (bicyclic) bond motifs is 1. The van der Waals surface area contributed by atoms with Crippen LogP contribution < -0.4 is 15.5 Å². The predicted molar refractivity (Wildman–Crippen MR) is 99.5 cm³/mol. The van der Waals surface area contributed by atoms with Crippen molar-refractivity contribution in [2.45, 2.75) is 6.92 Å². The SMILES string of the molecule is Cc1nc2ccccn2c1C(=O)Nc1ccccc1N1CCNC(=O)C1. The smallest absolute Gasteiger partial charge is 0.274 e. The van der Waals surface area contributed by atoms with E-state index in [-0.39, 0.29) is 18.4 Å². The molecule has 0 spiro atoms. The minimum Gasteiger partial charge on any atom is -0.359 e. The van der Waals surface area contributed by atoms with Crippen LogP contribution in [0.2, 0.25) is 0 Å². The molecule has 0 aliphatic carbocycles. The maximum absolute atomic E-state index is 12.9. The fourth-order valence-electron chi connectivity index (χ4n) is 3.27. The van der Waals surface area contributed by atoms with Gasteiger partial charge >= 0.3 is 0 Å². The van der Waals surface area contributed by atoms with Crippen molar-refractivity contribution in [3.8, 4) is 0 Å². The topological polar surface area (TPSA) is 78.7 Å². The summed E-state index contributed by atoms with van der Waals surface area (Å²) in [4.78, 5) is 31.1. The molecule has 0 saturated carbocycles. The second-order valence-corrected chi connectivity index (χ2v) is 6.22. The zero-order chi connectivity index (χ0) is 18.1. The normalized spacial score (nSPS) is 14.3. The number of anilines is 2. The van der Waals surface area contributed by atoms with Crippen LogP contribution in [0, 0.1) is 6.92 Å². The Kier molecular flexibility index (Phi) is 4.04. The third-order valence-electron chi connectivity index (χ3n) is 4.45. The number of para-hydroxylation sites is 2. The lowest BCUT2D eigenvalue weighted by Gasteiger charge is -2.30. The van der Waals surface area contributed by atoms with Crippen LogP contribution in [-0.2, 0) is 4.79 Å². The molecule has 3 heterocycles. The monoisotopic (exact) mass is 349 g/mol. The molecule has 1 fully saturated rings. The number of amides is 2. The highest BCUT2D eigenvalue weighted by Crippen LogP contribution is 2.27. The van der Waals surface area contributed by atoms with Gasteiger partial charge in [-0.2, -0.15) is 0 Å². The number of pyridine rings is 1. The third-order valence-corrected chi connectivity index (χ3v) is 4.45. The summed E-state index contributed by atoms with van der Waals surface area (Å²) in [5, 5.41) is 5.80. The van der Waals surface area contributed by atoms with Crippen molar-refractivity contribution in [2.75, 3.05) is 29.9 Å². The molecular formula is C19H19N5O2. The molecule has 132 valence electrons. The molecule has 4 rings (SSSR count). The summed E-state index contributed by atoms with van der Waals surface area (Å²) in [5.41, 5.74) is 3.42. The number of hydrogen-bond donors (Lipinski definition) is 2. The Balaban J connectivity index is 1.66. The number of rotatable bonds is 3. The standard InChI is InChI=1S/C19H19N5O2/c1-13-18(24-10-5-4-8-16(24)21-13)19(26)22-14-6-2-3-7-15(14)23-11-9-20-17(25)12-23/h2-8,10H,9,11-12H2,1H3,(H,20,25)(H,22,26). The number of nitrogens with zero attached hydrogens (tertiary/aromatic N) is 3. The molecule has 26 heavy (non-hydrogen) atoms. The fraction of sp³-hybridized carbons (Fsp3) is 0.211. The molecular weight excluding hydrogens is 330 g/mol. The third kappa shape index (κ3) is 2.88. The number of carbonyl (C=O) groups excluding carboxylic acids is 2. The van der Waals surface area contributed by atoms with Crippen LogP contribution in [0.15, 0.2) is 48.7 Å². The number of carbonyl (C=O) groups is 2. The molecule has 2 amide bonds. The number of hydrogen-bond acceptors (Lipinski definition) is 4. The first-order chi connectivity index (χ1) is 12.6. The second-order valence-electron chi connectivity index (χ2n) is 6.22. The van der Waals surface area contributed by atoms with Gasteiger partial charge in [-0.05, 0) is 31.2 Å². The van der Waals surface area contributed by atoms with Gasteiger partial charge in [-0.15, -0.1) is 0 Å². The Labute approximate surface area is 150 Å². The van der Waals surface area contributed by atoms with E-state index < -0.39 is 0 Å². The fourth-order valence-corrected chi connectivity index (χ4v) is 3.27. The summed E-state index contributed by atoms with van der Waals surface area (Å²) in [6.45, 7) is 3.39. The van der Waals surface area contributed by atoms with Crippen LogP contribution in [0.1, 0.15) is 16.2 Å². The van der Waals surface area contributed by atoms with Gasteiger partial charge in [-0.1, -0.05) is 18.2 Å². The molecule has 1 aliphatic rings. The van der Waals surface area contributed by atoms with Crippen molar-refractivity contribution in [1.82, 2.24) is 14.7 Å². The van der Waals surface area contributed by atoms with E-state index in [2.05, 4.69) is 15.6 Å². The van der Waals surface area contributed by atoms with Gasteiger partial charge in [0.2, 0.25) is 5.91 Å². The van der Waals surface area contributed by atoms with Crippen molar-refractivity contribution in [2.24, 2.45) is 0 Å². The Morgan fingerprint density at radius 1 is 1.19 bits per heavy atom. The van der Waals surface area contributed by atoms with Crippen molar-refractivity contribution >= 4 is 28.8 Å². The first-order valence-corrected chi connectivity index (χ1v) is 8.49. The quantitative estimate of drug-likeness (QED) is 0.756. The summed E-state index contributed by atoms with van der Waals surface area (Å²) in [7, 11) is 0. The van der Waals surface area contributed by atoms with Crippen LogP contribution in [-0.4, -0.2) is 40.8 Å². The molecule has 1 aliphatic heterocycles. The van der Waals surface area contributed by atoms with Gasteiger partial charge in [0, 0.05) is 19.3 Å². The Hall–Kier alpha value is -3.35. The molecule has 1 saturated heterocycles. The van der Waals surface area contributed by atoms with E-state index in [1.165, 1.54) is 0 Å². The molecule has 0 unspecified atom stereocenters. The van der Waals surface area contributed by atoms with E-state index in [0.29, 0.717) is 30.2 Å². The molecule has 7 heteroatoms. The maximum atomic E-state index is 12.9. The molecule has 0 bridgehead atoms. The molecule has 7 nitrogen and oxygen atoms in total. The van der Waals surface area contributed by atoms with Crippen molar-refractivity contribution in [1.29, 1.82) is 0 Å². The van der Waals surface area contributed by atoms with Crippen molar-refractivity contribution in [3.63, 3.8) is 0 Å². The largest absolute Gasteiger partial charge is 0.359 e. The van der Waals surface area contributed by atoms with E-state index in [9.17, 15) is 9.59 Å². The van der Waals surface area contributed by atoms with Gasteiger partial charge < -0.3 is 15.5 Å². The average molecular weight is 349 g/mol. The van der Waals surface area contributed by atoms with Crippen LogP contribution in [0.3, 0.4) is 0 Å². The Morgan fingerprint density at radius 2 is 2.00 bits per heavy atom. The van der Waals surface area contributed by atoms with Crippen LogP contribution >= 0.6 is 0 Å². The van der Waals surface area contributed by atoms with Crippen molar-refractivity contribution in [3.05, 3.63) is 60.0 Å². The summed E-state index contributed by atoms with van der Waals surface area (Å²) >= 11 is 0. The van der Waals surface area contributed by atoms with E-state index in [1.807, 2.05) is 60.5 Å². The van der Waals surface area contributed by atoms with Gasteiger partial charge in [-0.3, -0.25) is 14.0 Å². The minimum atomic E-state index is -0.227. The predicted octanol–water partition coefficient (Wildman–Crippen LogP) is 1.83. The van der Waals surface area contributed by atoms with Gasteiger partial charge in [0.15, 0.2) is 0 Å². The first-order valence-electron chi connectivity index (χ1n) is 8.49. The molecule has 0 atom stereocenters. The number of aryl methyl sites for hydroxylation is 1. The number of piperazine rings is 1. The Bertz CT molecular complexity index is 995. The van der Waals surface area contributed by atoms with E-state index in [4.69, 9.17) is 0 Å². The first kappa shape index (κ1) is 16.1. The lowest BCUT2D eigenvalue weighted by Crippen LogP contribution is -2.47. The summed E-state index contributed by atoms with van der Waals surface area (Å²) in [6.07, 6.45) is 1.82. The molecule has 2 aromatic heterocycles. The summed E-state index contributed by atoms with van der Waals surface area (Å²) in [6, 6.07) is 13.1. The van der Waals surface area contributed by atoms with Crippen molar-refractivity contribution < 1.29 is 9.59 Å². The van der Waals surface area contributed by atoms with Gasteiger partial charge in [0.25, 0.3) is 5.91 Å². The molecule has 2 N–H and O–H groups in total. The molecule has 0 radical (unpaired) electrons. The molecule has 3 aromatic rings. The lowest BCUT2D eigenvalue weighted by atomic mass is 10.2. The number of nitrogens with one attached hydrogen (secondary N) is 2. The molecule has 1 aromatic carbocycles. The van der Waals surface area contributed by atoms with Crippen LogP contribution in [0.25, 0.3) is 5.65 Å². The highest BCUT2D eigenvalue weighted by atomic mass is 16.2. The lowest BCUT2D eigenvalue weighted by molar-refractivity contribution is -0.120. The van der Waals surface area contributed by atoms with Gasteiger partial charge in [-0.25, -0.2) is 4.98 Å². The van der Waals surface area contributed by atoms with E-state index >= 15 is 0 Å². The number of benzene rings is 1. The van der Waals surface area contributed by atoms with Gasteiger partial charge in [0.05, 0.1) is 23.6 Å². The van der Waals surface area contributed by atoms with Crippen LogP contribution in [0.5, 0.6) is 0 Å².